The van der Waals surface area contributed by atoms with E-state index in [9.17, 15) is 14.7 Å². The lowest BCUT2D eigenvalue weighted by atomic mass is 10.0. The number of aromatic nitrogens is 2. The van der Waals surface area contributed by atoms with Gasteiger partial charge in [0, 0.05) is 16.8 Å². The van der Waals surface area contributed by atoms with Crippen molar-refractivity contribution in [1.29, 1.82) is 0 Å². The molecule has 100 valence electrons. The number of nitrogens with zero attached hydrogens (tertiary/aromatic N) is 1. The van der Waals surface area contributed by atoms with E-state index in [1.165, 1.54) is 6.08 Å². The largest absolute Gasteiger partial charge is 0.494 e. The molecule has 1 aliphatic rings. The van der Waals surface area contributed by atoms with Crippen LogP contribution in [0.4, 0.5) is 5.69 Å². The normalized spacial score (nSPS) is 15.2. The van der Waals surface area contributed by atoms with Crippen LogP contribution in [-0.4, -0.2) is 20.8 Å². The molecule has 20 heavy (non-hydrogen) atoms. The molecular formula is C14H11N3O3. The maximum absolute atomic E-state index is 11.7. The molecule has 0 fully saturated rings. The highest BCUT2D eigenvalue weighted by Crippen LogP contribution is 2.35. The van der Waals surface area contributed by atoms with Crippen LogP contribution in [0.1, 0.15) is 18.1 Å². The zero-order chi connectivity index (χ0) is 14.3. The van der Waals surface area contributed by atoms with Gasteiger partial charge in [-0.25, -0.2) is 4.79 Å². The number of hydrogen-bond acceptors (Lipinski definition) is 4. The van der Waals surface area contributed by atoms with Crippen molar-refractivity contribution in [2.45, 2.75) is 6.92 Å². The van der Waals surface area contributed by atoms with Crippen molar-refractivity contribution in [3.8, 4) is 5.88 Å². The lowest BCUT2D eigenvalue weighted by Gasteiger charge is -2.02. The first-order valence-corrected chi connectivity index (χ1v) is 5.98. The van der Waals surface area contributed by atoms with E-state index < -0.39 is 17.1 Å². The maximum atomic E-state index is 11.7. The Balaban J connectivity index is 2.23. The Morgan fingerprint density at radius 2 is 1.95 bits per heavy atom. The van der Waals surface area contributed by atoms with Crippen LogP contribution in [0.3, 0.4) is 0 Å². The van der Waals surface area contributed by atoms with Gasteiger partial charge in [-0.05, 0) is 19.1 Å². The number of rotatable bonds is 1. The van der Waals surface area contributed by atoms with Crippen LogP contribution >= 0.6 is 0 Å². The van der Waals surface area contributed by atoms with Gasteiger partial charge in [-0.3, -0.25) is 19.8 Å². The molecule has 6 nitrogen and oxygen atoms in total. The Morgan fingerprint density at radius 1 is 1.20 bits per heavy atom. The van der Waals surface area contributed by atoms with E-state index in [4.69, 9.17) is 0 Å². The van der Waals surface area contributed by atoms with Crippen molar-refractivity contribution in [2.75, 3.05) is 0 Å². The molecule has 6 heteroatoms. The fraction of sp³-hybridized carbons (Fsp3) is 0.0714. The van der Waals surface area contributed by atoms with Gasteiger partial charge in [0.15, 0.2) is 0 Å². The number of benzene rings is 1. The topological polar surface area (TPSA) is 98.3 Å². The summed E-state index contributed by atoms with van der Waals surface area (Å²) in [4.78, 5) is 31.4. The van der Waals surface area contributed by atoms with E-state index in [2.05, 4.69) is 15.0 Å². The highest BCUT2D eigenvalue weighted by Gasteiger charge is 2.18. The smallest absolute Gasteiger partial charge is 0.328 e. The van der Waals surface area contributed by atoms with Gasteiger partial charge in [0.2, 0.25) is 5.88 Å². The molecule has 0 saturated carbocycles. The molecule has 0 atom stereocenters. The van der Waals surface area contributed by atoms with Gasteiger partial charge in [0.05, 0.1) is 5.69 Å². The number of nitrogens with one attached hydrogen (secondary N) is 2. The number of aromatic amines is 2. The molecule has 0 spiro atoms. The van der Waals surface area contributed by atoms with Gasteiger partial charge in [0.1, 0.15) is 5.56 Å². The van der Waals surface area contributed by atoms with Crippen molar-refractivity contribution in [3.05, 3.63) is 56.2 Å². The summed E-state index contributed by atoms with van der Waals surface area (Å²) in [6.45, 7) is 1.82. The zero-order valence-corrected chi connectivity index (χ0v) is 10.6. The van der Waals surface area contributed by atoms with Crippen molar-refractivity contribution in [2.24, 2.45) is 4.99 Å². The minimum Gasteiger partial charge on any atom is -0.494 e. The van der Waals surface area contributed by atoms with Crippen molar-refractivity contribution < 1.29 is 5.11 Å². The van der Waals surface area contributed by atoms with Crippen molar-refractivity contribution in [3.63, 3.8) is 0 Å². The molecule has 2 aromatic rings. The molecular weight excluding hydrogens is 258 g/mol. The van der Waals surface area contributed by atoms with Crippen LogP contribution in [0.25, 0.3) is 11.6 Å². The van der Waals surface area contributed by atoms with Crippen molar-refractivity contribution >= 4 is 23.0 Å². The standard InChI is InChI=1S/C14H11N3O3/c1-7-9(8-4-2-3-5-11(8)15-7)6-10-12(18)16-14(20)17-13(10)19/h2-6H,1H3,(H3,16,17,18,19,20)/b9-6-. The SMILES string of the molecule is CC1=Nc2ccccc2/C1=C\c1c(O)[nH]c(=O)[nH]c1=O. The highest BCUT2D eigenvalue weighted by molar-refractivity contribution is 6.31. The molecule has 1 aromatic carbocycles. The second kappa shape index (κ2) is 4.34. The molecule has 0 saturated heterocycles. The summed E-state index contributed by atoms with van der Waals surface area (Å²) >= 11 is 0. The molecule has 1 aliphatic heterocycles. The molecule has 3 rings (SSSR count). The maximum Gasteiger partial charge on any atom is 0.328 e. The number of fused-ring (bicyclic) bond motifs is 1. The van der Waals surface area contributed by atoms with Gasteiger partial charge >= 0.3 is 5.69 Å². The van der Waals surface area contributed by atoms with Crippen LogP contribution in [-0.2, 0) is 0 Å². The third kappa shape index (κ3) is 1.87. The minimum atomic E-state index is -0.744. The monoisotopic (exact) mass is 269 g/mol. The Labute approximate surface area is 113 Å². The first-order valence-electron chi connectivity index (χ1n) is 5.98. The molecule has 0 aliphatic carbocycles. The van der Waals surface area contributed by atoms with E-state index in [0.717, 1.165) is 22.5 Å². The Morgan fingerprint density at radius 3 is 2.70 bits per heavy atom. The zero-order valence-electron chi connectivity index (χ0n) is 10.6. The lowest BCUT2D eigenvalue weighted by molar-refractivity contribution is 0.447. The molecule has 0 radical (unpaired) electrons. The Kier molecular flexibility index (Phi) is 2.64. The van der Waals surface area contributed by atoms with E-state index in [1.54, 1.807) is 0 Å². The number of H-pyrrole nitrogens is 2. The molecule has 0 bridgehead atoms. The first kappa shape index (κ1) is 12.2. The number of aliphatic imine (C=N–C) groups is 1. The van der Waals surface area contributed by atoms with E-state index >= 15 is 0 Å². The summed E-state index contributed by atoms with van der Waals surface area (Å²) in [5.74, 6) is -0.455. The van der Waals surface area contributed by atoms with E-state index in [0.29, 0.717) is 0 Å². The molecule has 0 amide bonds. The number of hydrogen-bond donors (Lipinski definition) is 3. The van der Waals surface area contributed by atoms with Crippen molar-refractivity contribution in [1.82, 2.24) is 9.97 Å². The molecule has 3 N–H and O–H groups in total. The van der Waals surface area contributed by atoms with Gasteiger partial charge in [-0.2, -0.15) is 0 Å². The average Bonchev–Trinajstić information content (AvgIpc) is 2.69. The predicted octanol–water partition coefficient (Wildman–Crippen LogP) is 1.42. The summed E-state index contributed by atoms with van der Waals surface area (Å²) in [5, 5.41) is 9.71. The third-order valence-corrected chi connectivity index (χ3v) is 3.12. The molecule has 0 unspecified atom stereocenters. The Hall–Kier alpha value is -2.89. The number of aromatic hydroxyl groups is 1. The summed E-state index contributed by atoms with van der Waals surface area (Å²) in [5.41, 5.74) is 1.81. The van der Waals surface area contributed by atoms with Crippen LogP contribution in [0.2, 0.25) is 0 Å². The number of para-hydroxylation sites is 1. The Bertz CT molecular complexity index is 872. The van der Waals surface area contributed by atoms with Gasteiger partial charge in [-0.15, -0.1) is 0 Å². The number of allylic oxidation sites excluding steroid dienone is 1. The van der Waals surface area contributed by atoms with Gasteiger partial charge in [-0.1, -0.05) is 18.2 Å². The van der Waals surface area contributed by atoms with Crippen LogP contribution in [0.15, 0.2) is 38.8 Å². The van der Waals surface area contributed by atoms with Crippen LogP contribution < -0.4 is 11.2 Å². The van der Waals surface area contributed by atoms with E-state index in [1.807, 2.05) is 31.2 Å². The lowest BCUT2D eigenvalue weighted by Crippen LogP contribution is -2.23. The molecule has 1 aromatic heterocycles. The van der Waals surface area contributed by atoms with Gasteiger partial charge in [0.25, 0.3) is 5.56 Å². The van der Waals surface area contributed by atoms with Gasteiger partial charge < -0.3 is 5.11 Å². The summed E-state index contributed by atoms with van der Waals surface area (Å²) in [6, 6.07) is 7.51. The molecule has 2 heterocycles. The third-order valence-electron chi connectivity index (χ3n) is 3.12. The first-order chi connectivity index (χ1) is 9.56. The average molecular weight is 269 g/mol. The second-order valence-corrected chi connectivity index (χ2v) is 4.44. The summed E-state index contributed by atoms with van der Waals surface area (Å²) < 4.78 is 0. The predicted molar refractivity (Wildman–Crippen MR) is 76.4 cm³/mol. The fourth-order valence-electron chi connectivity index (χ4n) is 2.18. The quantitative estimate of drug-likeness (QED) is 0.730. The van der Waals surface area contributed by atoms with Crippen LogP contribution in [0.5, 0.6) is 5.88 Å². The second-order valence-electron chi connectivity index (χ2n) is 4.44. The summed E-state index contributed by atoms with van der Waals surface area (Å²) in [6.07, 6.45) is 1.52. The summed E-state index contributed by atoms with van der Waals surface area (Å²) in [7, 11) is 0. The highest BCUT2D eigenvalue weighted by atomic mass is 16.3. The fourth-order valence-corrected chi connectivity index (χ4v) is 2.18. The van der Waals surface area contributed by atoms with Crippen LogP contribution in [0, 0.1) is 0 Å². The minimum absolute atomic E-state index is 0.00542. The van der Waals surface area contributed by atoms with E-state index in [-0.39, 0.29) is 5.56 Å².